The van der Waals surface area contributed by atoms with E-state index < -0.39 is 11.9 Å². The van der Waals surface area contributed by atoms with E-state index in [0.717, 1.165) is 13.1 Å². The maximum Gasteiger partial charge on any atom is 0.310 e. The van der Waals surface area contributed by atoms with Gasteiger partial charge in [-0.15, -0.1) is 0 Å². The molecular formula is C11H21NO4. The van der Waals surface area contributed by atoms with Crippen LogP contribution in [-0.2, 0) is 14.3 Å². The molecule has 2 atom stereocenters. The third-order valence-corrected chi connectivity index (χ3v) is 2.97. The van der Waals surface area contributed by atoms with Crippen LogP contribution >= 0.6 is 0 Å². The topological polar surface area (TPSA) is 59.0 Å². The van der Waals surface area contributed by atoms with Crippen molar-refractivity contribution in [2.24, 2.45) is 5.92 Å². The third kappa shape index (κ3) is 3.43. The first kappa shape index (κ1) is 13.4. The van der Waals surface area contributed by atoms with Crippen LogP contribution in [0.25, 0.3) is 0 Å². The van der Waals surface area contributed by atoms with Crippen molar-refractivity contribution in [1.29, 1.82) is 0 Å². The summed E-state index contributed by atoms with van der Waals surface area (Å²) in [5, 5.41) is 9.06. The minimum absolute atomic E-state index is 0.0112. The Balaban J connectivity index is 2.47. The first-order valence-electron chi connectivity index (χ1n) is 5.83. The lowest BCUT2D eigenvalue weighted by Crippen LogP contribution is -2.44. The number of aliphatic carboxylic acids is 1. The molecule has 0 aromatic carbocycles. The van der Waals surface area contributed by atoms with E-state index in [1.807, 2.05) is 13.8 Å². The monoisotopic (exact) mass is 231 g/mol. The SMILES string of the molecule is CCOCCN(CC)C1COCC1C(=O)O. The summed E-state index contributed by atoms with van der Waals surface area (Å²) in [6.45, 7) is 7.75. The maximum absolute atomic E-state index is 11.0. The van der Waals surface area contributed by atoms with Crippen LogP contribution < -0.4 is 0 Å². The molecule has 5 nitrogen and oxygen atoms in total. The Morgan fingerprint density at radius 1 is 1.50 bits per heavy atom. The van der Waals surface area contributed by atoms with Gasteiger partial charge < -0.3 is 14.6 Å². The molecule has 1 aliphatic rings. The fourth-order valence-electron chi connectivity index (χ4n) is 2.02. The summed E-state index contributed by atoms with van der Waals surface area (Å²) in [7, 11) is 0. The molecule has 0 spiro atoms. The van der Waals surface area contributed by atoms with Gasteiger partial charge in [-0.3, -0.25) is 9.69 Å². The van der Waals surface area contributed by atoms with E-state index in [-0.39, 0.29) is 6.04 Å². The van der Waals surface area contributed by atoms with Crippen molar-refractivity contribution in [2.45, 2.75) is 19.9 Å². The molecule has 0 aromatic heterocycles. The Hall–Kier alpha value is -0.650. The van der Waals surface area contributed by atoms with Crippen LogP contribution in [0.2, 0.25) is 0 Å². The number of hydrogen-bond donors (Lipinski definition) is 1. The van der Waals surface area contributed by atoms with Gasteiger partial charge in [0.15, 0.2) is 0 Å². The highest BCUT2D eigenvalue weighted by Gasteiger charge is 2.37. The molecule has 94 valence electrons. The van der Waals surface area contributed by atoms with E-state index in [0.29, 0.717) is 26.4 Å². The molecule has 16 heavy (non-hydrogen) atoms. The second-order valence-corrected chi connectivity index (χ2v) is 3.88. The van der Waals surface area contributed by atoms with E-state index in [1.165, 1.54) is 0 Å². The van der Waals surface area contributed by atoms with Crippen molar-refractivity contribution in [1.82, 2.24) is 4.90 Å². The average Bonchev–Trinajstić information content (AvgIpc) is 2.73. The summed E-state index contributed by atoms with van der Waals surface area (Å²) in [5.41, 5.74) is 0. The Morgan fingerprint density at radius 2 is 2.25 bits per heavy atom. The van der Waals surface area contributed by atoms with Gasteiger partial charge in [0.1, 0.15) is 0 Å². The lowest BCUT2D eigenvalue weighted by Gasteiger charge is -2.28. The number of nitrogens with zero attached hydrogens (tertiary/aromatic N) is 1. The summed E-state index contributed by atoms with van der Waals surface area (Å²) in [5.74, 6) is -1.17. The van der Waals surface area contributed by atoms with Gasteiger partial charge in [-0.05, 0) is 13.5 Å². The van der Waals surface area contributed by atoms with Gasteiger partial charge in [0.05, 0.1) is 25.7 Å². The predicted octanol–water partition coefficient (Wildman–Crippen LogP) is 0.444. The van der Waals surface area contributed by atoms with Crippen molar-refractivity contribution in [2.75, 3.05) is 39.5 Å². The highest BCUT2D eigenvalue weighted by molar-refractivity contribution is 5.71. The molecule has 5 heteroatoms. The van der Waals surface area contributed by atoms with Gasteiger partial charge >= 0.3 is 5.97 Å². The van der Waals surface area contributed by atoms with Crippen LogP contribution in [0.15, 0.2) is 0 Å². The largest absolute Gasteiger partial charge is 0.481 e. The summed E-state index contributed by atoms with van der Waals surface area (Å²) >= 11 is 0. The number of carboxylic acids is 1. The number of carboxylic acid groups (broad SMARTS) is 1. The minimum atomic E-state index is -0.766. The molecular weight excluding hydrogens is 210 g/mol. The van der Waals surface area contributed by atoms with E-state index in [4.69, 9.17) is 14.6 Å². The Kier molecular flexibility index (Phi) is 5.73. The Bertz CT molecular complexity index is 222. The zero-order chi connectivity index (χ0) is 12.0. The Labute approximate surface area is 96.3 Å². The summed E-state index contributed by atoms with van der Waals surface area (Å²) in [4.78, 5) is 13.2. The van der Waals surface area contributed by atoms with Crippen molar-refractivity contribution in [3.05, 3.63) is 0 Å². The van der Waals surface area contributed by atoms with Gasteiger partial charge in [-0.1, -0.05) is 6.92 Å². The maximum atomic E-state index is 11.0. The number of ether oxygens (including phenoxy) is 2. The van der Waals surface area contributed by atoms with Crippen molar-refractivity contribution in [3.63, 3.8) is 0 Å². The first-order valence-corrected chi connectivity index (χ1v) is 5.83. The molecule has 0 saturated carbocycles. The molecule has 2 unspecified atom stereocenters. The zero-order valence-corrected chi connectivity index (χ0v) is 10.0. The highest BCUT2D eigenvalue weighted by Crippen LogP contribution is 2.19. The molecule has 1 saturated heterocycles. The zero-order valence-electron chi connectivity index (χ0n) is 10.0. The summed E-state index contributed by atoms with van der Waals surface area (Å²) < 4.78 is 10.5. The van der Waals surface area contributed by atoms with Gasteiger partial charge in [0.25, 0.3) is 0 Å². The van der Waals surface area contributed by atoms with Crippen LogP contribution in [-0.4, -0.2) is 61.5 Å². The van der Waals surface area contributed by atoms with E-state index in [9.17, 15) is 4.79 Å². The van der Waals surface area contributed by atoms with Crippen LogP contribution in [0.4, 0.5) is 0 Å². The van der Waals surface area contributed by atoms with Gasteiger partial charge in [0.2, 0.25) is 0 Å². The number of rotatable bonds is 7. The first-order chi connectivity index (χ1) is 7.70. The molecule has 1 N–H and O–H groups in total. The lowest BCUT2D eigenvalue weighted by atomic mass is 10.0. The number of hydrogen-bond acceptors (Lipinski definition) is 4. The van der Waals surface area contributed by atoms with Crippen molar-refractivity contribution in [3.8, 4) is 0 Å². The minimum Gasteiger partial charge on any atom is -0.481 e. The predicted molar refractivity (Wildman–Crippen MR) is 59.5 cm³/mol. The molecule has 1 rings (SSSR count). The highest BCUT2D eigenvalue weighted by atomic mass is 16.5. The molecule has 1 heterocycles. The van der Waals surface area contributed by atoms with Crippen LogP contribution in [0.1, 0.15) is 13.8 Å². The molecule has 0 aliphatic carbocycles. The quantitative estimate of drug-likeness (QED) is 0.644. The van der Waals surface area contributed by atoms with Gasteiger partial charge in [0, 0.05) is 19.2 Å². The van der Waals surface area contributed by atoms with Crippen LogP contribution in [0.5, 0.6) is 0 Å². The lowest BCUT2D eigenvalue weighted by molar-refractivity contribution is -0.143. The number of likely N-dealkylation sites (N-methyl/N-ethyl adjacent to an activating group) is 1. The van der Waals surface area contributed by atoms with Gasteiger partial charge in [-0.25, -0.2) is 0 Å². The fourth-order valence-corrected chi connectivity index (χ4v) is 2.02. The average molecular weight is 231 g/mol. The smallest absolute Gasteiger partial charge is 0.310 e. The third-order valence-electron chi connectivity index (χ3n) is 2.97. The Morgan fingerprint density at radius 3 is 2.81 bits per heavy atom. The molecule has 1 aliphatic heterocycles. The molecule has 0 radical (unpaired) electrons. The molecule has 0 amide bonds. The fraction of sp³-hybridized carbons (Fsp3) is 0.909. The summed E-state index contributed by atoms with van der Waals surface area (Å²) in [6.07, 6.45) is 0. The number of carbonyl (C=O) groups is 1. The second-order valence-electron chi connectivity index (χ2n) is 3.88. The van der Waals surface area contributed by atoms with E-state index in [2.05, 4.69) is 4.90 Å². The van der Waals surface area contributed by atoms with Crippen LogP contribution in [0, 0.1) is 5.92 Å². The van der Waals surface area contributed by atoms with E-state index in [1.54, 1.807) is 0 Å². The van der Waals surface area contributed by atoms with E-state index >= 15 is 0 Å². The molecule has 0 bridgehead atoms. The van der Waals surface area contributed by atoms with Crippen molar-refractivity contribution < 1.29 is 19.4 Å². The second kappa shape index (κ2) is 6.83. The summed E-state index contributed by atoms with van der Waals surface area (Å²) in [6, 6.07) is -0.0112. The van der Waals surface area contributed by atoms with Gasteiger partial charge in [-0.2, -0.15) is 0 Å². The molecule has 0 aromatic rings. The van der Waals surface area contributed by atoms with Crippen LogP contribution in [0.3, 0.4) is 0 Å². The van der Waals surface area contributed by atoms with Crippen molar-refractivity contribution >= 4 is 5.97 Å². The molecule has 1 fully saturated rings. The normalized spacial score (nSPS) is 25.2. The standard InChI is InChI=1S/C11H21NO4/c1-3-12(5-6-15-4-2)10-8-16-7-9(10)11(13)14/h9-10H,3-8H2,1-2H3,(H,13,14).